The number of hydrogen-bond donors (Lipinski definition) is 1. The molecule has 1 aromatic heterocycles. The Kier molecular flexibility index (Phi) is 4.05. The molecule has 1 N–H and O–H groups in total. The van der Waals surface area contributed by atoms with Gasteiger partial charge in [-0.05, 0) is 55.2 Å². The third-order valence-electron chi connectivity index (χ3n) is 3.41. The van der Waals surface area contributed by atoms with Gasteiger partial charge in [-0.1, -0.05) is 12.1 Å². The van der Waals surface area contributed by atoms with Crippen LogP contribution in [0.15, 0.2) is 30.5 Å². The van der Waals surface area contributed by atoms with Crippen LogP contribution in [-0.2, 0) is 6.18 Å². The van der Waals surface area contributed by atoms with Gasteiger partial charge < -0.3 is 5.11 Å². The van der Waals surface area contributed by atoms with Crippen LogP contribution in [-0.4, -0.2) is 10.1 Å². The van der Waals surface area contributed by atoms with Gasteiger partial charge in [0.15, 0.2) is 0 Å². The smallest absolute Gasteiger partial charge is 0.382 e. The van der Waals surface area contributed by atoms with Crippen LogP contribution in [0.3, 0.4) is 0 Å². The number of aliphatic hydroxyl groups excluding tert-OH is 1. The molecule has 2 rings (SSSR count). The second-order valence-electron chi connectivity index (χ2n) is 5.19. The summed E-state index contributed by atoms with van der Waals surface area (Å²) in [5.41, 5.74) is 2.34. The second-order valence-corrected chi connectivity index (χ2v) is 5.19. The minimum atomic E-state index is -4.38. The maximum absolute atomic E-state index is 12.7. The Morgan fingerprint density at radius 2 is 1.71 bits per heavy atom. The van der Waals surface area contributed by atoms with E-state index in [9.17, 15) is 18.3 Å². The maximum atomic E-state index is 12.7. The SMILES string of the molecule is Cc1cnc(C(O)c2ccc(C(F)(F)F)cc2C)c(C)c1. The lowest BCUT2D eigenvalue weighted by atomic mass is 9.96. The zero-order chi connectivity index (χ0) is 15.8. The molecule has 0 saturated carbocycles. The molecule has 0 aliphatic rings. The van der Waals surface area contributed by atoms with Crippen LogP contribution in [0, 0.1) is 20.8 Å². The van der Waals surface area contributed by atoms with Crippen LogP contribution in [0.2, 0.25) is 0 Å². The highest BCUT2D eigenvalue weighted by Crippen LogP contribution is 2.33. The van der Waals surface area contributed by atoms with Crippen molar-refractivity contribution in [2.45, 2.75) is 33.1 Å². The van der Waals surface area contributed by atoms with E-state index >= 15 is 0 Å². The minimum Gasteiger partial charge on any atom is -0.382 e. The molecule has 0 spiro atoms. The van der Waals surface area contributed by atoms with Crippen molar-refractivity contribution >= 4 is 0 Å². The van der Waals surface area contributed by atoms with E-state index in [4.69, 9.17) is 0 Å². The van der Waals surface area contributed by atoms with Gasteiger partial charge >= 0.3 is 6.18 Å². The maximum Gasteiger partial charge on any atom is 0.416 e. The van der Waals surface area contributed by atoms with Gasteiger partial charge in [-0.15, -0.1) is 0 Å². The summed E-state index contributed by atoms with van der Waals surface area (Å²) in [6, 6.07) is 5.21. The van der Waals surface area contributed by atoms with E-state index < -0.39 is 17.8 Å². The van der Waals surface area contributed by atoms with Crippen LogP contribution in [0.4, 0.5) is 13.2 Å². The van der Waals surface area contributed by atoms with Gasteiger partial charge in [-0.3, -0.25) is 4.98 Å². The molecule has 0 saturated heterocycles. The number of hydrogen-bond acceptors (Lipinski definition) is 2. The number of halogens is 3. The summed E-state index contributed by atoms with van der Waals surface area (Å²) in [6.45, 7) is 5.26. The molecule has 0 aliphatic carbocycles. The minimum absolute atomic E-state index is 0.388. The number of aromatic nitrogens is 1. The number of aliphatic hydroxyl groups is 1. The molecule has 0 bridgehead atoms. The van der Waals surface area contributed by atoms with Crippen LogP contribution in [0.5, 0.6) is 0 Å². The first kappa shape index (κ1) is 15.5. The van der Waals surface area contributed by atoms with Gasteiger partial charge in [0.2, 0.25) is 0 Å². The first-order chi connectivity index (χ1) is 9.70. The van der Waals surface area contributed by atoms with Crippen molar-refractivity contribution in [1.82, 2.24) is 4.98 Å². The Bertz CT molecular complexity index is 665. The summed E-state index contributed by atoms with van der Waals surface area (Å²) in [6.07, 6.45) is -3.79. The van der Waals surface area contributed by atoms with E-state index in [1.165, 1.54) is 6.07 Å². The molecule has 112 valence electrons. The van der Waals surface area contributed by atoms with Crippen LogP contribution >= 0.6 is 0 Å². The van der Waals surface area contributed by atoms with Crippen molar-refractivity contribution in [1.29, 1.82) is 0 Å². The fourth-order valence-corrected chi connectivity index (χ4v) is 2.32. The van der Waals surface area contributed by atoms with Crippen molar-refractivity contribution in [2.75, 3.05) is 0 Å². The first-order valence-electron chi connectivity index (χ1n) is 6.49. The van der Waals surface area contributed by atoms with Gasteiger partial charge in [-0.25, -0.2) is 0 Å². The van der Waals surface area contributed by atoms with E-state index in [0.717, 1.165) is 23.3 Å². The van der Waals surface area contributed by atoms with Crippen molar-refractivity contribution in [3.63, 3.8) is 0 Å². The highest BCUT2D eigenvalue weighted by atomic mass is 19.4. The normalized spacial score (nSPS) is 13.3. The average Bonchev–Trinajstić information content (AvgIpc) is 2.36. The van der Waals surface area contributed by atoms with Crippen molar-refractivity contribution in [3.05, 3.63) is 64.0 Å². The van der Waals surface area contributed by atoms with Gasteiger partial charge in [0, 0.05) is 6.20 Å². The molecule has 0 aliphatic heterocycles. The van der Waals surface area contributed by atoms with E-state index in [-0.39, 0.29) is 0 Å². The van der Waals surface area contributed by atoms with Gasteiger partial charge in [0.05, 0.1) is 11.3 Å². The zero-order valence-electron chi connectivity index (χ0n) is 12.0. The molecular weight excluding hydrogens is 279 g/mol. The van der Waals surface area contributed by atoms with Crippen LogP contribution in [0.1, 0.15) is 39.6 Å². The molecule has 21 heavy (non-hydrogen) atoms. The predicted octanol–water partition coefficient (Wildman–Crippen LogP) is 4.11. The summed E-state index contributed by atoms with van der Waals surface area (Å²) in [5.74, 6) is 0. The fraction of sp³-hybridized carbons (Fsp3) is 0.312. The van der Waals surface area contributed by atoms with Gasteiger partial charge in [0.1, 0.15) is 6.10 Å². The molecule has 1 unspecified atom stereocenters. The van der Waals surface area contributed by atoms with E-state index in [2.05, 4.69) is 4.98 Å². The van der Waals surface area contributed by atoms with Crippen LogP contribution in [0.25, 0.3) is 0 Å². The second kappa shape index (κ2) is 5.48. The number of alkyl halides is 3. The summed E-state index contributed by atoms with van der Waals surface area (Å²) in [5, 5.41) is 10.4. The molecule has 1 atom stereocenters. The van der Waals surface area contributed by atoms with Gasteiger partial charge in [-0.2, -0.15) is 13.2 Å². The zero-order valence-corrected chi connectivity index (χ0v) is 12.0. The molecular formula is C16H16F3NO. The largest absolute Gasteiger partial charge is 0.416 e. The third kappa shape index (κ3) is 3.24. The molecule has 0 amide bonds. The van der Waals surface area contributed by atoms with E-state index in [1.54, 1.807) is 13.1 Å². The van der Waals surface area contributed by atoms with E-state index in [0.29, 0.717) is 16.8 Å². The number of rotatable bonds is 2. The van der Waals surface area contributed by atoms with Gasteiger partial charge in [0.25, 0.3) is 0 Å². The lowest BCUT2D eigenvalue weighted by Crippen LogP contribution is -2.10. The van der Waals surface area contributed by atoms with E-state index in [1.807, 2.05) is 19.9 Å². The van der Waals surface area contributed by atoms with Crippen molar-refractivity contribution < 1.29 is 18.3 Å². The lowest BCUT2D eigenvalue weighted by molar-refractivity contribution is -0.137. The highest BCUT2D eigenvalue weighted by molar-refractivity contribution is 5.39. The number of nitrogens with zero attached hydrogens (tertiary/aromatic N) is 1. The molecule has 2 aromatic rings. The fourth-order valence-electron chi connectivity index (χ4n) is 2.32. The third-order valence-corrected chi connectivity index (χ3v) is 3.41. The Hall–Kier alpha value is -1.88. The highest BCUT2D eigenvalue weighted by Gasteiger charge is 2.31. The molecule has 2 nitrogen and oxygen atoms in total. The molecule has 1 aromatic carbocycles. The molecule has 1 heterocycles. The number of aryl methyl sites for hydroxylation is 3. The number of benzene rings is 1. The number of pyridine rings is 1. The first-order valence-corrected chi connectivity index (χ1v) is 6.49. The van der Waals surface area contributed by atoms with Crippen LogP contribution < -0.4 is 0 Å². The topological polar surface area (TPSA) is 33.1 Å². The quantitative estimate of drug-likeness (QED) is 0.904. The molecule has 0 fully saturated rings. The Labute approximate surface area is 121 Å². The summed E-state index contributed by atoms with van der Waals surface area (Å²) in [4.78, 5) is 4.19. The Morgan fingerprint density at radius 3 is 2.24 bits per heavy atom. The summed E-state index contributed by atoms with van der Waals surface area (Å²) in [7, 11) is 0. The summed E-state index contributed by atoms with van der Waals surface area (Å²) >= 11 is 0. The molecule has 5 heteroatoms. The predicted molar refractivity (Wildman–Crippen MR) is 74.0 cm³/mol. The Morgan fingerprint density at radius 1 is 1.05 bits per heavy atom. The average molecular weight is 295 g/mol. The van der Waals surface area contributed by atoms with Crippen molar-refractivity contribution in [3.8, 4) is 0 Å². The molecule has 0 radical (unpaired) electrons. The Balaban J connectivity index is 2.42. The van der Waals surface area contributed by atoms with Crippen molar-refractivity contribution in [2.24, 2.45) is 0 Å². The monoisotopic (exact) mass is 295 g/mol. The standard InChI is InChI=1S/C16H16F3NO/c1-9-6-11(3)14(20-8-9)15(21)13-5-4-12(7-10(13)2)16(17,18)19/h4-8,15,21H,1-3H3. The lowest BCUT2D eigenvalue weighted by Gasteiger charge is -2.17. The summed E-state index contributed by atoms with van der Waals surface area (Å²) < 4.78 is 38.0.